The average Bonchev–Trinajstić information content (AvgIpc) is 2.19. The highest BCUT2D eigenvalue weighted by atomic mass is 127. The van der Waals surface area contributed by atoms with Crippen LogP contribution in [0.15, 0.2) is 6.20 Å². The molecule has 4 nitrogen and oxygen atoms in total. The fourth-order valence-electron chi connectivity index (χ4n) is 0.734. The Morgan fingerprint density at radius 2 is 2.27 bits per heavy atom. The fourth-order valence-corrected chi connectivity index (χ4v) is 1.96. The summed E-state index contributed by atoms with van der Waals surface area (Å²) in [6.07, 6.45) is 0.918. The van der Waals surface area contributed by atoms with Crippen LogP contribution in [0.5, 0.6) is 0 Å². The Balaban J connectivity index is 3.13. The molecule has 15 heavy (non-hydrogen) atoms. The van der Waals surface area contributed by atoms with Crippen LogP contribution in [0.3, 0.4) is 0 Å². The molecule has 0 fully saturated rings. The van der Waals surface area contributed by atoms with E-state index in [1.807, 2.05) is 0 Å². The molecule has 0 saturated heterocycles. The number of sulfonamides is 1. The highest BCUT2D eigenvalue weighted by molar-refractivity contribution is 14.1. The van der Waals surface area contributed by atoms with E-state index in [1.165, 1.54) is 6.92 Å². The van der Waals surface area contributed by atoms with E-state index >= 15 is 0 Å². The minimum Gasteiger partial charge on any atom is -0.266 e. The van der Waals surface area contributed by atoms with Gasteiger partial charge in [0.25, 0.3) is 0 Å². The summed E-state index contributed by atoms with van der Waals surface area (Å²) in [6, 6.07) is 0. The predicted octanol–water partition coefficient (Wildman–Crippen LogP) is 2.24. The monoisotopic (exact) mass is 364 g/mol. The maximum absolute atomic E-state index is 12.9. The zero-order valence-electron chi connectivity index (χ0n) is 7.59. The highest BCUT2D eigenvalue weighted by Crippen LogP contribution is 2.27. The zero-order valence-corrected chi connectivity index (χ0v) is 11.3. The van der Waals surface area contributed by atoms with Crippen molar-refractivity contribution in [2.75, 3.05) is 10.5 Å². The molecule has 84 valence electrons. The minimum atomic E-state index is -3.45. The highest BCUT2D eigenvalue weighted by Gasteiger charge is 2.15. The summed E-state index contributed by atoms with van der Waals surface area (Å²) in [6.45, 7) is 1.48. The van der Waals surface area contributed by atoms with Gasteiger partial charge in [-0.2, -0.15) is 0 Å². The molecule has 0 aliphatic carbocycles. The third kappa shape index (κ3) is 3.15. The van der Waals surface area contributed by atoms with E-state index in [4.69, 9.17) is 11.6 Å². The van der Waals surface area contributed by atoms with Crippen LogP contribution in [-0.2, 0) is 10.0 Å². The standard InChI is InChI=1S/C7H7ClFIN2O2S/c1-2-15(13,14)12-7-5(8)6(10)4(9)3-11-7/h3H,2H2,1H3,(H,11,12). The summed E-state index contributed by atoms with van der Waals surface area (Å²) in [5.74, 6) is -0.733. The summed E-state index contributed by atoms with van der Waals surface area (Å²) in [4.78, 5) is 3.57. The van der Waals surface area contributed by atoms with Crippen molar-refractivity contribution in [1.29, 1.82) is 0 Å². The van der Waals surface area contributed by atoms with Crippen LogP contribution in [0.2, 0.25) is 5.02 Å². The first-order valence-electron chi connectivity index (χ1n) is 3.87. The first-order chi connectivity index (χ1) is 6.87. The largest absolute Gasteiger partial charge is 0.266 e. The lowest BCUT2D eigenvalue weighted by Crippen LogP contribution is -2.16. The van der Waals surface area contributed by atoms with Crippen molar-refractivity contribution in [2.24, 2.45) is 0 Å². The van der Waals surface area contributed by atoms with Crippen LogP contribution in [0.1, 0.15) is 6.92 Å². The van der Waals surface area contributed by atoms with Gasteiger partial charge in [0, 0.05) is 0 Å². The molecule has 0 spiro atoms. The van der Waals surface area contributed by atoms with Crippen molar-refractivity contribution < 1.29 is 12.8 Å². The number of hydrogen-bond donors (Lipinski definition) is 1. The molecule has 0 unspecified atom stereocenters. The number of nitrogens with zero attached hydrogens (tertiary/aromatic N) is 1. The van der Waals surface area contributed by atoms with Gasteiger partial charge in [0.15, 0.2) is 11.6 Å². The van der Waals surface area contributed by atoms with E-state index in [0.29, 0.717) is 0 Å². The Labute approximate surface area is 105 Å². The van der Waals surface area contributed by atoms with E-state index in [2.05, 4.69) is 9.71 Å². The molecule has 0 aliphatic rings. The summed E-state index contributed by atoms with van der Waals surface area (Å²) in [7, 11) is -3.45. The number of anilines is 1. The van der Waals surface area contributed by atoms with E-state index in [9.17, 15) is 12.8 Å². The molecule has 0 radical (unpaired) electrons. The first-order valence-corrected chi connectivity index (χ1v) is 6.98. The van der Waals surface area contributed by atoms with Crippen molar-refractivity contribution in [1.82, 2.24) is 4.98 Å². The predicted molar refractivity (Wildman–Crippen MR) is 65.0 cm³/mol. The van der Waals surface area contributed by atoms with Gasteiger partial charge in [-0.05, 0) is 29.5 Å². The molecule has 8 heteroatoms. The van der Waals surface area contributed by atoms with Crippen LogP contribution in [0.25, 0.3) is 0 Å². The first kappa shape index (κ1) is 12.9. The second kappa shape index (κ2) is 4.79. The molecular formula is C7H7ClFIN2O2S. The third-order valence-electron chi connectivity index (χ3n) is 1.55. The van der Waals surface area contributed by atoms with Gasteiger partial charge in [-0.15, -0.1) is 0 Å². The maximum Gasteiger partial charge on any atom is 0.233 e. The Morgan fingerprint density at radius 1 is 1.67 bits per heavy atom. The fraction of sp³-hybridized carbons (Fsp3) is 0.286. The molecule has 1 N–H and O–H groups in total. The SMILES string of the molecule is CCS(=O)(=O)Nc1ncc(F)c(I)c1Cl. The molecule has 0 bridgehead atoms. The molecule has 1 aromatic heterocycles. The molecular weight excluding hydrogens is 358 g/mol. The molecule has 0 saturated carbocycles. The van der Waals surface area contributed by atoms with Gasteiger partial charge in [0.1, 0.15) is 5.02 Å². The van der Waals surface area contributed by atoms with Crippen molar-refractivity contribution in [3.05, 3.63) is 20.6 Å². The molecule has 0 aromatic carbocycles. The van der Waals surface area contributed by atoms with Gasteiger partial charge < -0.3 is 0 Å². The molecule has 1 rings (SSSR count). The topological polar surface area (TPSA) is 59.1 Å². The molecule has 0 aliphatic heterocycles. The number of pyridine rings is 1. The molecule has 0 amide bonds. The summed E-state index contributed by atoms with van der Waals surface area (Å²) in [5, 5.41) is -0.0346. The zero-order chi connectivity index (χ0) is 11.6. The lowest BCUT2D eigenvalue weighted by atomic mass is 10.4. The summed E-state index contributed by atoms with van der Waals surface area (Å²) < 4.78 is 37.7. The van der Waals surface area contributed by atoms with Crippen LogP contribution >= 0.6 is 34.2 Å². The van der Waals surface area contributed by atoms with E-state index in [0.717, 1.165) is 6.20 Å². The van der Waals surface area contributed by atoms with Crippen LogP contribution in [-0.4, -0.2) is 19.2 Å². The quantitative estimate of drug-likeness (QED) is 0.837. The number of nitrogens with one attached hydrogen (secondary N) is 1. The van der Waals surface area contributed by atoms with Crippen LogP contribution in [0, 0.1) is 9.39 Å². The summed E-state index contributed by atoms with van der Waals surface area (Å²) >= 11 is 7.40. The normalized spacial score (nSPS) is 11.5. The molecule has 1 heterocycles. The third-order valence-corrected chi connectivity index (χ3v) is 4.56. The van der Waals surface area contributed by atoms with Gasteiger partial charge in [-0.1, -0.05) is 11.6 Å². The Hall–Kier alpha value is -0.150. The van der Waals surface area contributed by atoms with E-state index < -0.39 is 15.8 Å². The number of hydrogen-bond acceptors (Lipinski definition) is 3. The summed E-state index contributed by atoms with van der Waals surface area (Å²) in [5.41, 5.74) is 0. The second-order valence-electron chi connectivity index (χ2n) is 2.59. The van der Waals surface area contributed by atoms with Crippen molar-refractivity contribution >= 4 is 50.0 Å². The Bertz CT molecular complexity index is 480. The van der Waals surface area contributed by atoms with Gasteiger partial charge in [-0.3, -0.25) is 4.72 Å². The maximum atomic E-state index is 12.9. The van der Waals surface area contributed by atoms with Crippen LogP contribution < -0.4 is 4.72 Å². The lowest BCUT2D eigenvalue weighted by molar-refractivity contribution is 0.601. The average molecular weight is 365 g/mol. The minimum absolute atomic E-state index is 0.0346. The van der Waals surface area contributed by atoms with Crippen LogP contribution in [0.4, 0.5) is 10.2 Å². The van der Waals surface area contributed by atoms with Gasteiger partial charge >= 0.3 is 0 Å². The Kier molecular flexibility index (Phi) is 4.13. The smallest absolute Gasteiger partial charge is 0.233 e. The Morgan fingerprint density at radius 3 is 2.80 bits per heavy atom. The van der Waals surface area contributed by atoms with Gasteiger partial charge in [-0.25, -0.2) is 17.8 Å². The second-order valence-corrected chi connectivity index (χ2v) is 6.06. The number of halogens is 3. The molecule has 0 atom stereocenters. The van der Waals surface area contributed by atoms with Crippen molar-refractivity contribution in [2.45, 2.75) is 6.92 Å². The van der Waals surface area contributed by atoms with E-state index in [1.54, 1.807) is 22.6 Å². The van der Waals surface area contributed by atoms with E-state index in [-0.39, 0.29) is 20.2 Å². The van der Waals surface area contributed by atoms with Gasteiger partial charge in [0.05, 0.1) is 15.5 Å². The van der Waals surface area contributed by atoms with Crippen molar-refractivity contribution in [3.63, 3.8) is 0 Å². The number of rotatable bonds is 3. The van der Waals surface area contributed by atoms with Gasteiger partial charge in [0.2, 0.25) is 10.0 Å². The number of aromatic nitrogens is 1. The molecule has 1 aromatic rings. The lowest BCUT2D eigenvalue weighted by Gasteiger charge is -2.07. The van der Waals surface area contributed by atoms with Crippen molar-refractivity contribution in [3.8, 4) is 0 Å².